The van der Waals surface area contributed by atoms with Gasteiger partial charge in [0.25, 0.3) is 0 Å². The third-order valence-electron chi connectivity index (χ3n) is 8.38. The number of rotatable bonds is 7. The van der Waals surface area contributed by atoms with E-state index >= 15 is 0 Å². The number of piperidine rings is 1. The fraction of sp³-hybridized carbons (Fsp3) is 0.500. The monoisotopic (exact) mass is 538 g/mol. The van der Waals surface area contributed by atoms with Gasteiger partial charge in [-0.3, -0.25) is 4.79 Å². The van der Waals surface area contributed by atoms with Gasteiger partial charge in [-0.15, -0.1) is 0 Å². The fourth-order valence-corrected chi connectivity index (χ4v) is 6.18. The van der Waals surface area contributed by atoms with Crippen LogP contribution in [0.3, 0.4) is 0 Å². The lowest BCUT2D eigenvalue weighted by atomic mass is 9.60. The van der Waals surface area contributed by atoms with Gasteiger partial charge < -0.3 is 34.2 Å². The molecule has 2 saturated heterocycles. The molecule has 2 unspecified atom stereocenters. The van der Waals surface area contributed by atoms with Gasteiger partial charge in [-0.25, -0.2) is 9.78 Å². The number of anilines is 2. The lowest BCUT2D eigenvalue weighted by Crippen LogP contribution is -2.49. The van der Waals surface area contributed by atoms with Crippen molar-refractivity contribution < 1.29 is 34.0 Å². The first-order chi connectivity index (χ1) is 18.8. The molecule has 0 radical (unpaired) electrons. The molecule has 2 N–H and O–H groups in total. The number of carbonyl (C=O) groups is 2. The molecule has 5 rings (SSSR count). The molecule has 2 fully saturated rings. The van der Waals surface area contributed by atoms with Gasteiger partial charge in [0.1, 0.15) is 5.82 Å². The van der Waals surface area contributed by atoms with Crippen molar-refractivity contribution in [2.24, 2.45) is 17.3 Å². The van der Waals surface area contributed by atoms with Gasteiger partial charge in [0.05, 0.1) is 38.4 Å². The first kappa shape index (κ1) is 26.7. The zero-order valence-corrected chi connectivity index (χ0v) is 22.4. The molecule has 11 heteroatoms. The summed E-state index contributed by atoms with van der Waals surface area (Å²) in [6, 6.07) is 3.73. The molecule has 2 atom stereocenters. The van der Waals surface area contributed by atoms with Gasteiger partial charge in [0, 0.05) is 49.1 Å². The van der Waals surface area contributed by atoms with Crippen LogP contribution in [0.2, 0.25) is 0 Å². The Balaban J connectivity index is 1.49. The molecule has 1 aliphatic carbocycles. The Morgan fingerprint density at radius 2 is 1.67 bits per heavy atom. The lowest BCUT2D eigenvalue weighted by Gasteiger charge is -2.45. The number of methoxy groups -OCH3 is 2. The van der Waals surface area contributed by atoms with Crippen LogP contribution in [-0.2, 0) is 14.3 Å². The van der Waals surface area contributed by atoms with E-state index in [4.69, 9.17) is 24.2 Å². The second-order valence-corrected chi connectivity index (χ2v) is 10.2. The Labute approximate surface area is 226 Å². The van der Waals surface area contributed by atoms with E-state index in [1.54, 1.807) is 33.3 Å². The first-order valence-electron chi connectivity index (χ1n) is 13.2. The number of nitrogens with zero attached hydrogens (tertiary/aromatic N) is 4. The van der Waals surface area contributed by atoms with Crippen molar-refractivity contribution in [2.45, 2.75) is 19.8 Å². The highest BCUT2D eigenvalue weighted by atomic mass is 16.5. The first-order valence-corrected chi connectivity index (χ1v) is 13.2. The standard InChI is InChI=1S/C28H34N4O7/c1-17-19(25(33)34)5-4-8-28(17,26(35)36)18-6-9-31(10-7-18)24-20-15-22(37-2)23(38-3)16-21(20)29-27(30-24)32-11-13-39-14-12-32/h4-5,8,15-18H,6-7,9-14H2,1-3H3,(H,33,34)(H,35,36). The molecule has 39 heavy (non-hydrogen) atoms. The van der Waals surface area contributed by atoms with E-state index in [-0.39, 0.29) is 11.5 Å². The SMILES string of the molecule is COc1cc2nc(N3CCOCC3)nc(N3CCC(C4(C(=O)O)C=CC=C(C(=O)O)C4C)CC3)c2cc1OC. The third-order valence-corrected chi connectivity index (χ3v) is 8.38. The predicted molar refractivity (Wildman–Crippen MR) is 145 cm³/mol. The van der Waals surface area contributed by atoms with Crippen LogP contribution >= 0.6 is 0 Å². The molecule has 0 bridgehead atoms. The van der Waals surface area contributed by atoms with Crippen LogP contribution in [0.1, 0.15) is 19.8 Å². The summed E-state index contributed by atoms with van der Waals surface area (Å²) < 4.78 is 16.6. The van der Waals surface area contributed by atoms with Crippen LogP contribution in [0.25, 0.3) is 10.9 Å². The zero-order chi connectivity index (χ0) is 27.7. The summed E-state index contributed by atoms with van der Waals surface area (Å²) in [5.41, 5.74) is -0.429. The van der Waals surface area contributed by atoms with E-state index in [0.29, 0.717) is 69.7 Å². The van der Waals surface area contributed by atoms with Crippen molar-refractivity contribution >= 4 is 34.6 Å². The molecular weight excluding hydrogens is 504 g/mol. The minimum Gasteiger partial charge on any atom is -0.493 e. The molecule has 3 heterocycles. The number of fused-ring (bicyclic) bond motifs is 1. The molecule has 11 nitrogen and oxygen atoms in total. The van der Waals surface area contributed by atoms with Crippen molar-refractivity contribution in [1.82, 2.24) is 9.97 Å². The summed E-state index contributed by atoms with van der Waals surface area (Å²) in [6.45, 7) is 5.41. The smallest absolute Gasteiger partial charge is 0.331 e. The number of hydrogen-bond acceptors (Lipinski definition) is 9. The fourth-order valence-electron chi connectivity index (χ4n) is 6.18. The summed E-state index contributed by atoms with van der Waals surface area (Å²) in [7, 11) is 3.17. The quantitative estimate of drug-likeness (QED) is 0.539. The normalized spacial score (nSPS) is 24.0. The van der Waals surface area contributed by atoms with E-state index in [1.807, 2.05) is 12.1 Å². The molecule has 2 aliphatic heterocycles. The van der Waals surface area contributed by atoms with E-state index < -0.39 is 23.3 Å². The zero-order valence-electron chi connectivity index (χ0n) is 22.4. The number of carboxylic acid groups (broad SMARTS) is 2. The topological polar surface area (TPSA) is 135 Å². The average molecular weight is 539 g/mol. The summed E-state index contributed by atoms with van der Waals surface area (Å²) in [5, 5.41) is 20.9. The molecule has 208 valence electrons. The molecule has 1 aromatic heterocycles. The van der Waals surface area contributed by atoms with Gasteiger partial charge in [-0.1, -0.05) is 25.2 Å². The van der Waals surface area contributed by atoms with E-state index in [2.05, 4.69) is 9.80 Å². The number of hydrogen-bond donors (Lipinski definition) is 2. The highest BCUT2D eigenvalue weighted by molar-refractivity contribution is 5.93. The number of aromatic nitrogens is 2. The van der Waals surface area contributed by atoms with Crippen molar-refractivity contribution in [2.75, 3.05) is 63.4 Å². The molecule has 2 aromatic rings. The van der Waals surface area contributed by atoms with Gasteiger partial charge in [0.15, 0.2) is 11.5 Å². The summed E-state index contributed by atoms with van der Waals surface area (Å²) in [6.07, 6.45) is 5.90. The molecular formula is C28H34N4O7. The van der Waals surface area contributed by atoms with Gasteiger partial charge in [-0.2, -0.15) is 4.98 Å². The number of morpholine rings is 1. The Kier molecular flexibility index (Phi) is 7.35. The number of ether oxygens (including phenoxy) is 3. The van der Waals surface area contributed by atoms with E-state index in [9.17, 15) is 19.8 Å². The Morgan fingerprint density at radius 1 is 1.00 bits per heavy atom. The van der Waals surface area contributed by atoms with Gasteiger partial charge in [0.2, 0.25) is 5.95 Å². The minimum atomic E-state index is -1.28. The number of carboxylic acids is 2. The maximum Gasteiger partial charge on any atom is 0.331 e. The summed E-state index contributed by atoms with van der Waals surface area (Å²) in [5.74, 6) is -0.452. The molecule has 1 aromatic carbocycles. The largest absolute Gasteiger partial charge is 0.493 e. The average Bonchev–Trinajstić information content (AvgIpc) is 2.96. The third kappa shape index (κ3) is 4.64. The van der Waals surface area contributed by atoms with E-state index in [1.165, 1.54) is 6.08 Å². The van der Waals surface area contributed by atoms with Crippen molar-refractivity contribution in [1.29, 1.82) is 0 Å². The van der Waals surface area contributed by atoms with Gasteiger partial charge in [-0.05, 0) is 24.8 Å². The summed E-state index contributed by atoms with van der Waals surface area (Å²) in [4.78, 5) is 38.6. The second kappa shape index (κ2) is 10.7. The second-order valence-electron chi connectivity index (χ2n) is 10.2. The number of benzene rings is 1. The maximum absolute atomic E-state index is 12.7. The highest BCUT2D eigenvalue weighted by Gasteiger charge is 2.52. The molecule has 3 aliphatic rings. The maximum atomic E-state index is 12.7. The molecule has 0 spiro atoms. The molecule has 0 saturated carbocycles. The minimum absolute atomic E-state index is 0.125. The summed E-state index contributed by atoms with van der Waals surface area (Å²) >= 11 is 0. The Morgan fingerprint density at radius 3 is 2.28 bits per heavy atom. The highest BCUT2D eigenvalue weighted by Crippen LogP contribution is 2.48. The van der Waals surface area contributed by atoms with Crippen LogP contribution < -0.4 is 19.3 Å². The van der Waals surface area contributed by atoms with Crippen LogP contribution in [-0.4, -0.2) is 85.7 Å². The van der Waals surface area contributed by atoms with Crippen molar-refractivity contribution in [3.63, 3.8) is 0 Å². The Bertz CT molecular complexity index is 1330. The number of aliphatic carboxylic acids is 2. The van der Waals surface area contributed by atoms with Crippen LogP contribution in [0, 0.1) is 17.3 Å². The lowest BCUT2D eigenvalue weighted by molar-refractivity contribution is -0.152. The van der Waals surface area contributed by atoms with Crippen LogP contribution in [0.5, 0.6) is 11.5 Å². The Hall–Kier alpha value is -3.86. The van der Waals surface area contributed by atoms with Crippen LogP contribution in [0.4, 0.5) is 11.8 Å². The molecule has 0 amide bonds. The van der Waals surface area contributed by atoms with Crippen LogP contribution in [0.15, 0.2) is 35.9 Å². The van der Waals surface area contributed by atoms with E-state index in [0.717, 1.165) is 16.7 Å². The van der Waals surface area contributed by atoms with Crippen molar-refractivity contribution in [3.05, 3.63) is 35.9 Å². The van der Waals surface area contributed by atoms with Crippen molar-refractivity contribution in [3.8, 4) is 11.5 Å². The van der Waals surface area contributed by atoms with Gasteiger partial charge >= 0.3 is 11.9 Å². The predicted octanol–water partition coefficient (Wildman–Crippen LogP) is 2.99. The number of allylic oxidation sites excluding steroid dienone is 2.